The second-order valence-corrected chi connectivity index (χ2v) is 5.54. The molecule has 0 bridgehead atoms. The summed E-state index contributed by atoms with van der Waals surface area (Å²) in [6, 6.07) is 3.85. The van der Waals surface area contributed by atoms with E-state index in [0.717, 1.165) is 61.5 Å². The first kappa shape index (κ1) is 23.9. The van der Waals surface area contributed by atoms with Crippen molar-refractivity contribution in [3.05, 3.63) is 97.9 Å². The highest BCUT2D eigenvalue weighted by atomic mass is 19.2. The molecule has 0 saturated heterocycles. The van der Waals surface area contributed by atoms with E-state index in [2.05, 4.69) is 22.6 Å². The molecular weight excluding hydrogens is 436 g/mol. The summed E-state index contributed by atoms with van der Waals surface area (Å²) in [5, 5.41) is 0. The molecule has 0 radical (unpaired) electrons. The average Bonchev–Trinajstić information content (AvgIpc) is 2.79. The maximum atomic E-state index is 14.4. The number of ether oxygens (including phenoxy) is 4. The fourth-order valence-electron chi connectivity index (χ4n) is 2.15. The Morgan fingerprint density at radius 1 is 0.625 bits per heavy atom. The zero-order chi connectivity index (χ0) is 23.7. The highest BCUT2D eigenvalue weighted by molar-refractivity contribution is 5.82. The van der Waals surface area contributed by atoms with Crippen molar-refractivity contribution in [1.82, 2.24) is 0 Å². The van der Waals surface area contributed by atoms with Gasteiger partial charge in [-0.3, -0.25) is 0 Å². The van der Waals surface area contributed by atoms with Gasteiger partial charge in [0.1, 0.15) is 25.0 Å². The van der Waals surface area contributed by atoms with Gasteiger partial charge in [-0.2, -0.15) is 8.78 Å². The number of hydrogen-bond acceptors (Lipinski definition) is 6. The first-order valence-electron chi connectivity index (χ1n) is 8.56. The standard InChI is InChI=1S/C22H14F4O6/c1-3-17(27)31-11-9-29-15-7-5-13(19(23)21(15)25)14-6-8-16(22(26)20(14)24)30-10-12-32-18(28)4-2/h3-12H,1-2H2/b11-9-,12-10-. The first-order valence-corrected chi connectivity index (χ1v) is 8.56. The predicted octanol–water partition coefficient (Wildman–Crippen LogP) is 5.07. The molecule has 0 unspecified atom stereocenters. The fraction of sp³-hybridized carbons (Fsp3) is 0. The molecule has 0 N–H and O–H groups in total. The Kier molecular flexibility index (Phi) is 8.35. The van der Waals surface area contributed by atoms with E-state index in [1.807, 2.05) is 0 Å². The van der Waals surface area contributed by atoms with E-state index in [9.17, 15) is 27.2 Å². The highest BCUT2D eigenvalue weighted by Crippen LogP contribution is 2.34. The highest BCUT2D eigenvalue weighted by Gasteiger charge is 2.21. The first-order chi connectivity index (χ1) is 15.3. The summed E-state index contributed by atoms with van der Waals surface area (Å²) >= 11 is 0. The third kappa shape index (κ3) is 5.85. The zero-order valence-electron chi connectivity index (χ0n) is 16.1. The maximum Gasteiger partial charge on any atom is 0.335 e. The second-order valence-electron chi connectivity index (χ2n) is 5.54. The van der Waals surface area contributed by atoms with Gasteiger partial charge in [0, 0.05) is 23.3 Å². The number of hydrogen-bond donors (Lipinski definition) is 0. The fourth-order valence-corrected chi connectivity index (χ4v) is 2.15. The summed E-state index contributed by atoms with van der Waals surface area (Å²) in [4.78, 5) is 21.7. The third-order valence-corrected chi connectivity index (χ3v) is 3.59. The lowest BCUT2D eigenvalue weighted by Crippen LogP contribution is -1.99. The van der Waals surface area contributed by atoms with Gasteiger partial charge in [-0.05, 0) is 24.3 Å². The van der Waals surface area contributed by atoms with Crippen LogP contribution in [0.3, 0.4) is 0 Å². The summed E-state index contributed by atoms with van der Waals surface area (Å²) < 4.78 is 75.9. The van der Waals surface area contributed by atoms with Gasteiger partial charge in [0.05, 0.1) is 0 Å². The van der Waals surface area contributed by atoms with Crippen LogP contribution in [-0.2, 0) is 19.1 Å². The SMILES string of the molecule is C=CC(=O)O/C=C\Oc1ccc(-c2ccc(O/C=C\OC(=O)C=C)c(F)c2F)c(F)c1F. The van der Waals surface area contributed by atoms with Crippen LogP contribution in [0.1, 0.15) is 0 Å². The molecule has 0 heterocycles. The topological polar surface area (TPSA) is 71.1 Å². The molecule has 6 nitrogen and oxygen atoms in total. The summed E-state index contributed by atoms with van der Waals surface area (Å²) in [6.45, 7) is 6.32. The molecule has 0 atom stereocenters. The molecule has 2 aromatic rings. The Morgan fingerprint density at radius 2 is 1.00 bits per heavy atom. The molecule has 0 amide bonds. The van der Waals surface area contributed by atoms with Gasteiger partial charge in [0.15, 0.2) is 23.1 Å². The molecule has 0 aromatic heterocycles. The van der Waals surface area contributed by atoms with Crippen LogP contribution < -0.4 is 9.47 Å². The van der Waals surface area contributed by atoms with Gasteiger partial charge in [0.2, 0.25) is 11.6 Å². The summed E-state index contributed by atoms with van der Waals surface area (Å²) in [5.41, 5.74) is -1.18. The van der Waals surface area contributed by atoms with Crippen LogP contribution in [0.5, 0.6) is 11.5 Å². The lowest BCUT2D eigenvalue weighted by atomic mass is 10.0. The smallest absolute Gasteiger partial charge is 0.335 e. The number of benzene rings is 2. The average molecular weight is 450 g/mol. The lowest BCUT2D eigenvalue weighted by molar-refractivity contribution is -0.133. The van der Waals surface area contributed by atoms with Gasteiger partial charge in [0.25, 0.3) is 0 Å². The van der Waals surface area contributed by atoms with Crippen LogP contribution in [0.15, 0.2) is 74.6 Å². The Labute approximate surface area is 179 Å². The zero-order valence-corrected chi connectivity index (χ0v) is 16.1. The number of esters is 2. The molecule has 0 aliphatic rings. The molecule has 0 saturated carbocycles. The van der Waals surface area contributed by atoms with Crippen molar-refractivity contribution < 1.29 is 46.1 Å². The molecule has 0 aliphatic heterocycles. The molecule has 32 heavy (non-hydrogen) atoms. The van der Waals surface area contributed by atoms with E-state index >= 15 is 0 Å². The third-order valence-electron chi connectivity index (χ3n) is 3.59. The Hall–Kier alpha value is -4.34. The minimum absolute atomic E-state index is 0.588. The minimum atomic E-state index is -1.51. The van der Waals surface area contributed by atoms with Crippen molar-refractivity contribution in [2.75, 3.05) is 0 Å². The summed E-state index contributed by atoms with van der Waals surface area (Å²) in [5.74, 6) is -8.81. The van der Waals surface area contributed by atoms with Gasteiger partial charge in [-0.1, -0.05) is 13.2 Å². The van der Waals surface area contributed by atoms with Crippen LogP contribution in [0.2, 0.25) is 0 Å². The van der Waals surface area contributed by atoms with Crippen LogP contribution in [0.4, 0.5) is 17.6 Å². The maximum absolute atomic E-state index is 14.4. The molecular formula is C22H14F4O6. The van der Waals surface area contributed by atoms with Crippen molar-refractivity contribution in [2.24, 2.45) is 0 Å². The van der Waals surface area contributed by atoms with Crippen LogP contribution >= 0.6 is 0 Å². The molecule has 2 rings (SSSR count). The monoisotopic (exact) mass is 450 g/mol. The summed E-state index contributed by atoms with van der Waals surface area (Å²) in [7, 11) is 0. The Balaban J connectivity index is 2.22. The van der Waals surface area contributed by atoms with Crippen molar-refractivity contribution in [1.29, 1.82) is 0 Å². The van der Waals surface area contributed by atoms with Crippen molar-refractivity contribution in [3.63, 3.8) is 0 Å². The molecule has 0 aliphatic carbocycles. The predicted molar refractivity (Wildman–Crippen MR) is 104 cm³/mol. The van der Waals surface area contributed by atoms with Gasteiger partial charge < -0.3 is 18.9 Å². The van der Waals surface area contributed by atoms with Gasteiger partial charge >= 0.3 is 11.9 Å². The Morgan fingerprint density at radius 3 is 1.34 bits per heavy atom. The number of carbonyl (C=O) groups excluding carboxylic acids is 2. The largest absolute Gasteiger partial charge is 0.459 e. The van der Waals surface area contributed by atoms with Gasteiger partial charge in [-0.15, -0.1) is 0 Å². The van der Waals surface area contributed by atoms with Crippen LogP contribution in [0.25, 0.3) is 11.1 Å². The van der Waals surface area contributed by atoms with E-state index in [1.54, 1.807) is 0 Å². The molecule has 0 spiro atoms. The number of rotatable bonds is 9. The normalized spacial score (nSPS) is 10.8. The van der Waals surface area contributed by atoms with Crippen molar-refractivity contribution >= 4 is 11.9 Å². The Bertz CT molecular complexity index is 1020. The van der Waals surface area contributed by atoms with E-state index in [1.165, 1.54) is 0 Å². The minimum Gasteiger partial charge on any atom is -0.459 e. The number of carbonyl (C=O) groups is 2. The van der Waals surface area contributed by atoms with Crippen molar-refractivity contribution in [3.8, 4) is 22.6 Å². The van der Waals surface area contributed by atoms with E-state index < -0.39 is 57.8 Å². The molecule has 10 heteroatoms. The second kappa shape index (κ2) is 11.2. The molecule has 0 fully saturated rings. The van der Waals surface area contributed by atoms with Gasteiger partial charge in [-0.25, -0.2) is 18.4 Å². The van der Waals surface area contributed by atoms with E-state index in [4.69, 9.17) is 9.47 Å². The van der Waals surface area contributed by atoms with Crippen LogP contribution in [-0.4, -0.2) is 11.9 Å². The van der Waals surface area contributed by atoms with Crippen molar-refractivity contribution in [2.45, 2.75) is 0 Å². The number of halogens is 4. The van der Waals surface area contributed by atoms with Crippen LogP contribution in [0, 0.1) is 23.3 Å². The van der Waals surface area contributed by atoms with E-state index in [-0.39, 0.29) is 0 Å². The molecule has 166 valence electrons. The molecule has 2 aromatic carbocycles. The quantitative estimate of drug-likeness (QED) is 0.230. The summed E-state index contributed by atoms with van der Waals surface area (Å²) in [6.07, 6.45) is 4.83. The lowest BCUT2D eigenvalue weighted by Gasteiger charge is -2.11. The van der Waals surface area contributed by atoms with E-state index in [0.29, 0.717) is 0 Å².